The Morgan fingerprint density at radius 2 is 1.79 bits per heavy atom. The monoisotopic (exact) mass is 518 g/mol. The van der Waals surface area contributed by atoms with Crippen molar-refractivity contribution in [1.29, 1.82) is 0 Å². The smallest absolute Gasteiger partial charge is 0.247 e. The van der Waals surface area contributed by atoms with Gasteiger partial charge in [-0.1, -0.05) is 36.4 Å². The Balaban J connectivity index is 1.50. The van der Waals surface area contributed by atoms with Gasteiger partial charge in [0.2, 0.25) is 18.6 Å². The largest absolute Gasteiger partial charge is 0.464 e. The van der Waals surface area contributed by atoms with Crippen molar-refractivity contribution in [1.82, 2.24) is 9.80 Å². The number of aryl methyl sites for hydroxylation is 1. The molecule has 1 aliphatic heterocycles. The summed E-state index contributed by atoms with van der Waals surface area (Å²) in [6, 6.07) is 19.0. The van der Waals surface area contributed by atoms with Crippen LogP contribution in [0, 0.1) is 6.92 Å². The topological polar surface area (TPSA) is 81.5 Å². The van der Waals surface area contributed by atoms with E-state index in [1.165, 1.54) is 6.08 Å². The Hall–Kier alpha value is -4.04. The summed E-state index contributed by atoms with van der Waals surface area (Å²) in [5.74, 6) is 2.38. The molecule has 0 saturated carbocycles. The van der Waals surface area contributed by atoms with Crippen LogP contribution in [-0.4, -0.2) is 54.7 Å². The third-order valence-corrected chi connectivity index (χ3v) is 6.08. The van der Waals surface area contributed by atoms with Gasteiger partial charge in [0.05, 0.1) is 6.54 Å². The Kier molecular flexibility index (Phi) is 9.59. The van der Waals surface area contributed by atoms with Crippen LogP contribution in [0.25, 0.3) is 6.08 Å². The third-order valence-electron chi connectivity index (χ3n) is 6.08. The van der Waals surface area contributed by atoms with Crippen molar-refractivity contribution in [2.75, 3.05) is 33.1 Å². The lowest BCUT2D eigenvalue weighted by Crippen LogP contribution is -2.42. The minimum absolute atomic E-state index is 0.0612. The molecule has 4 rings (SSSR count). The summed E-state index contributed by atoms with van der Waals surface area (Å²) < 4.78 is 22.1. The number of hydrogen-bond donors (Lipinski definition) is 0. The van der Waals surface area contributed by atoms with Gasteiger partial charge in [-0.15, -0.1) is 0 Å². The molecule has 0 radical (unpaired) electrons. The minimum Gasteiger partial charge on any atom is -0.464 e. The highest BCUT2D eigenvalue weighted by atomic mass is 16.7. The Morgan fingerprint density at radius 3 is 2.55 bits per heavy atom. The van der Waals surface area contributed by atoms with E-state index in [1.807, 2.05) is 74.5 Å². The maximum Gasteiger partial charge on any atom is 0.247 e. The quantitative estimate of drug-likeness (QED) is 0.239. The SMILES string of the molecule is CCOCCCN(CC(=O)N(Cc1ccc2c(c1)OCO2)Cc1ccc(C)o1)C(=O)C=Cc1ccccc1. The fraction of sp³-hybridized carbons (Fsp3) is 0.333. The first kappa shape index (κ1) is 27.0. The van der Waals surface area contributed by atoms with E-state index in [-0.39, 0.29) is 31.7 Å². The van der Waals surface area contributed by atoms with Crippen LogP contribution in [0.5, 0.6) is 11.5 Å². The summed E-state index contributed by atoms with van der Waals surface area (Å²) in [4.78, 5) is 30.1. The third kappa shape index (κ3) is 7.73. The fourth-order valence-corrected chi connectivity index (χ4v) is 4.12. The molecule has 8 nitrogen and oxygen atoms in total. The molecule has 2 heterocycles. The van der Waals surface area contributed by atoms with Crippen molar-refractivity contribution >= 4 is 17.9 Å². The molecule has 3 aromatic rings. The van der Waals surface area contributed by atoms with Crippen LogP contribution in [0.1, 0.15) is 36.0 Å². The van der Waals surface area contributed by atoms with E-state index in [9.17, 15) is 9.59 Å². The molecule has 0 aliphatic carbocycles. The first-order chi connectivity index (χ1) is 18.5. The van der Waals surface area contributed by atoms with Gasteiger partial charge in [-0.25, -0.2) is 0 Å². The zero-order chi connectivity index (χ0) is 26.7. The molecule has 1 aromatic heterocycles. The Labute approximate surface area is 223 Å². The van der Waals surface area contributed by atoms with E-state index in [1.54, 1.807) is 15.9 Å². The maximum atomic E-state index is 13.6. The number of amides is 2. The molecule has 200 valence electrons. The van der Waals surface area contributed by atoms with Gasteiger partial charge in [0.1, 0.15) is 18.1 Å². The second-order valence-electron chi connectivity index (χ2n) is 9.00. The van der Waals surface area contributed by atoms with Gasteiger partial charge in [0.25, 0.3) is 0 Å². The number of carbonyl (C=O) groups excluding carboxylic acids is 2. The van der Waals surface area contributed by atoms with E-state index >= 15 is 0 Å². The van der Waals surface area contributed by atoms with Crippen molar-refractivity contribution in [3.8, 4) is 11.5 Å². The summed E-state index contributed by atoms with van der Waals surface area (Å²) in [6.07, 6.45) is 3.91. The van der Waals surface area contributed by atoms with Crippen molar-refractivity contribution in [3.05, 3.63) is 89.4 Å². The second kappa shape index (κ2) is 13.5. The number of fused-ring (bicyclic) bond motifs is 1. The molecule has 2 aromatic carbocycles. The second-order valence-corrected chi connectivity index (χ2v) is 9.00. The van der Waals surface area contributed by atoms with E-state index in [2.05, 4.69) is 0 Å². The van der Waals surface area contributed by atoms with E-state index in [0.717, 1.165) is 16.9 Å². The summed E-state index contributed by atoms with van der Waals surface area (Å²) in [7, 11) is 0. The van der Waals surface area contributed by atoms with Gasteiger partial charge in [0.15, 0.2) is 11.5 Å². The molecule has 8 heteroatoms. The molecular formula is C30H34N2O6. The number of hydrogen-bond acceptors (Lipinski definition) is 6. The van der Waals surface area contributed by atoms with Crippen molar-refractivity contribution in [2.24, 2.45) is 0 Å². The summed E-state index contributed by atoms with van der Waals surface area (Å²) >= 11 is 0. The molecule has 0 bridgehead atoms. The highest BCUT2D eigenvalue weighted by Crippen LogP contribution is 2.33. The minimum atomic E-state index is -0.226. The van der Waals surface area contributed by atoms with Gasteiger partial charge in [-0.2, -0.15) is 0 Å². The first-order valence-electron chi connectivity index (χ1n) is 12.8. The van der Waals surface area contributed by atoms with Crippen molar-refractivity contribution in [2.45, 2.75) is 33.4 Å². The standard InChI is InChI=1S/C30H34N2O6/c1-3-35-17-7-16-31(29(33)15-12-24-8-5-4-6-9-24)21-30(34)32(20-26-13-10-23(2)38-26)19-25-11-14-27-28(18-25)37-22-36-27/h4-6,8-15,18H,3,7,16-17,19-22H2,1-2H3. The average molecular weight is 519 g/mol. The van der Waals surface area contributed by atoms with Gasteiger partial charge in [-0.05, 0) is 61.7 Å². The summed E-state index contributed by atoms with van der Waals surface area (Å²) in [5, 5.41) is 0. The van der Waals surface area contributed by atoms with Gasteiger partial charge in [0, 0.05) is 32.4 Å². The first-order valence-corrected chi connectivity index (χ1v) is 12.8. The number of carbonyl (C=O) groups is 2. The van der Waals surface area contributed by atoms with Gasteiger partial charge < -0.3 is 28.4 Å². The highest BCUT2D eigenvalue weighted by Gasteiger charge is 2.23. The molecule has 0 atom stereocenters. The van der Waals surface area contributed by atoms with Crippen molar-refractivity contribution in [3.63, 3.8) is 0 Å². The Bertz CT molecular complexity index is 1240. The molecule has 1 aliphatic rings. The molecule has 0 spiro atoms. The molecular weight excluding hydrogens is 484 g/mol. The van der Waals surface area contributed by atoms with E-state index < -0.39 is 0 Å². The number of ether oxygens (including phenoxy) is 3. The predicted molar refractivity (Wildman–Crippen MR) is 143 cm³/mol. The van der Waals surface area contributed by atoms with Crippen LogP contribution >= 0.6 is 0 Å². The summed E-state index contributed by atoms with van der Waals surface area (Å²) in [6.45, 7) is 6.05. The number of nitrogens with zero attached hydrogens (tertiary/aromatic N) is 2. The summed E-state index contributed by atoms with van der Waals surface area (Å²) in [5.41, 5.74) is 1.81. The van der Waals surface area contributed by atoms with Crippen LogP contribution < -0.4 is 9.47 Å². The normalized spacial score (nSPS) is 12.2. The molecule has 0 saturated heterocycles. The lowest BCUT2D eigenvalue weighted by molar-refractivity contribution is -0.139. The zero-order valence-electron chi connectivity index (χ0n) is 21.9. The van der Waals surface area contributed by atoms with Crippen LogP contribution in [-0.2, 0) is 27.4 Å². The lowest BCUT2D eigenvalue weighted by Gasteiger charge is -2.27. The maximum absolute atomic E-state index is 13.6. The van der Waals surface area contributed by atoms with E-state index in [4.69, 9.17) is 18.6 Å². The lowest BCUT2D eigenvalue weighted by atomic mass is 10.1. The van der Waals surface area contributed by atoms with E-state index in [0.29, 0.717) is 50.0 Å². The van der Waals surface area contributed by atoms with Gasteiger partial charge in [-0.3, -0.25) is 9.59 Å². The Morgan fingerprint density at radius 1 is 0.974 bits per heavy atom. The molecule has 2 amide bonds. The molecule has 0 fully saturated rings. The van der Waals surface area contributed by atoms with Gasteiger partial charge >= 0.3 is 0 Å². The predicted octanol–water partition coefficient (Wildman–Crippen LogP) is 4.81. The molecule has 0 unspecified atom stereocenters. The number of rotatable bonds is 13. The van der Waals surface area contributed by atoms with Crippen LogP contribution in [0.4, 0.5) is 0 Å². The highest BCUT2D eigenvalue weighted by molar-refractivity contribution is 5.94. The van der Waals surface area contributed by atoms with Crippen LogP contribution in [0.3, 0.4) is 0 Å². The zero-order valence-corrected chi connectivity index (χ0v) is 21.9. The molecule has 0 N–H and O–H groups in total. The van der Waals surface area contributed by atoms with Crippen LogP contribution in [0.15, 0.2) is 71.2 Å². The molecule has 38 heavy (non-hydrogen) atoms. The fourth-order valence-electron chi connectivity index (χ4n) is 4.12. The number of furan rings is 1. The average Bonchev–Trinajstić information content (AvgIpc) is 3.57. The number of benzene rings is 2. The van der Waals surface area contributed by atoms with Crippen molar-refractivity contribution < 1.29 is 28.2 Å². The van der Waals surface area contributed by atoms with Crippen LogP contribution in [0.2, 0.25) is 0 Å².